The number of aryl methyl sites for hydroxylation is 1. The first-order valence-electron chi connectivity index (χ1n) is 7.36. The maximum Gasteiger partial charge on any atom is 0.233 e. The van der Waals surface area contributed by atoms with E-state index in [2.05, 4.69) is 29.4 Å². The minimum Gasteiger partial charge on any atom is -0.351 e. The number of hydrogen-bond donors (Lipinski definition) is 1. The number of carbonyl (C=O) groups is 1. The SMILES string of the molecule is Cc1ccc(CNC(=O)[C@H](C)Sc2nncn2C(C)C)cc1. The van der Waals surface area contributed by atoms with Crippen LogP contribution in [0.5, 0.6) is 0 Å². The topological polar surface area (TPSA) is 59.8 Å². The molecule has 1 aromatic heterocycles. The lowest BCUT2D eigenvalue weighted by Crippen LogP contribution is -2.30. The average molecular weight is 318 g/mol. The third-order valence-electron chi connectivity index (χ3n) is 3.34. The van der Waals surface area contributed by atoms with Crippen LogP contribution in [0.3, 0.4) is 0 Å². The molecular weight excluding hydrogens is 296 g/mol. The molecule has 22 heavy (non-hydrogen) atoms. The van der Waals surface area contributed by atoms with E-state index in [0.29, 0.717) is 6.54 Å². The molecule has 0 aliphatic rings. The molecule has 6 heteroatoms. The van der Waals surface area contributed by atoms with Gasteiger partial charge in [0.25, 0.3) is 0 Å². The number of thioether (sulfide) groups is 1. The highest BCUT2D eigenvalue weighted by atomic mass is 32.2. The highest BCUT2D eigenvalue weighted by Gasteiger charge is 2.18. The minimum atomic E-state index is -0.216. The predicted molar refractivity (Wildman–Crippen MR) is 88.8 cm³/mol. The first-order valence-corrected chi connectivity index (χ1v) is 8.24. The third-order valence-corrected chi connectivity index (χ3v) is 4.41. The number of nitrogens with zero attached hydrogens (tertiary/aromatic N) is 3. The van der Waals surface area contributed by atoms with Crippen molar-refractivity contribution in [3.05, 3.63) is 41.7 Å². The van der Waals surface area contributed by atoms with Gasteiger partial charge in [0, 0.05) is 12.6 Å². The Morgan fingerprint density at radius 1 is 1.27 bits per heavy atom. The minimum absolute atomic E-state index is 0.00359. The summed E-state index contributed by atoms with van der Waals surface area (Å²) in [4.78, 5) is 12.2. The Labute approximate surface area is 135 Å². The fourth-order valence-corrected chi connectivity index (χ4v) is 2.90. The van der Waals surface area contributed by atoms with E-state index in [1.165, 1.54) is 17.3 Å². The van der Waals surface area contributed by atoms with Crippen molar-refractivity contribution >= 4 is 17.7 Å². The van der Waals surface area contributed by atoms with E-state index in [1.54, 1.807) is 6.33 Å². The van der Waals surface area contributed by atoms with E-state index >= 15 is 0 Å². The van der Waals surface area contributed by atoms with Crippen molar-refractivity contribution in [2.75, 3.05) is 0 Å². The normalized spacial score (nSPS) is 12.4. The second-order valence-electron chi connectivity index (χ2n) is 5.58. The molecule has 1 N–H and O–H groups in total. The van der Waals surface area contributed by atoms with Crippen LogP contribution in [-0.2, 0) is 11.3 Å². The van der Waals surface area contributed by atoms with Gasteiger partial charge in [-0.25, -0.2) is 0 Å². The summed E-state index contributed by atoms with van der Waals surface area (Å²) in [5.74, 6) is 0.00359. The Balaban J connectivity index is 1.89. The lowest BCUT2D eigenvalue weighted by Gasteiger charge is -2.14. The molecule has 0 saturated heterocycles. The van der Waals surface area contributed by atoms with Crippen LogP contribution in [0.4, 0.5) is 0 Å². The van der Waals surface area contributed by atoms with Gasteiger partial charge in [-0.1, -0.05) is 41.6 Å². The highest BCUT2D eigenvalue weighted by molar-refractivity contribution is 8.00. The second-order valence-corrected chi connectivity index (χ2v) is 6.89. The van der Waals surface area contributed by atoms with Crippen LogP contribution < -0.4 is 5.32 Å². The molecule has 0 unspecified atom stereocenters. The monoisotopic (exact) mass is 318 g/mol. The van der Waals surface area contributed by atoms with Gasteiger partial charge in [-0.05, 0) is 33.3 Å². The van der Waals surface area contributed by atoms with Crippen LogP contribution in [0.15, 0.2) is 35.7 Å². The smallest absolute Gasteiger partial charge is 0.233 e. The van der Waals surface area contributed by atoms with Gasteiger partial charge < -0.3 is 9.88 Å². The zero-order chi connectivity index (χ0) is 16.1. The van der Waals surface area contributed by atoms with Gasteiger partial charge in [0.2, 0.25) is 5.91 Å². The van der Waals surface area contributed by atoms with Crippen LogP contribution in [-0.4, -0.2) is 25.9 Å². The molecule has 118 valence electrons. The van der Waals surface area contributed by atoms with Crippen molar-refractivity contribution < 1.29 is 4.79 Å². The summed E-state index contributed by atoms with van der Waals surface area (Å²) in [6.07, 6.45) is 1.70. The largest absolute Gasteiger partial charge is 0.351 e. The van der Waals surface area contributed by atoms with Crippen LogP contribution >= 0.6 is 11.8 Å². The van der Waals surface area contributed by atoms with Gasteiger partial charge in [-0.2, -0.15) is 0 Å². The number of amides is 1. The fourth-order valence-electron chi connectivity index (χ4n) is 1.92. The second kappa shape index (κ2) is 7.45. The molecule has 0 saturated carbocycles. The van der Waals surface area contributed by atoms with Gasteiger partial charge in [0.1, 0.15) is 6.33 Å². The summed E-state index contributed by atoms with van der Waals surface area (Å²) in [6.45, 7) is 8.60. The van der Waals surface area contributed by atoms with Crippen molar-refractivity contribution in [1.29, 1.82) is 0 Å². The molecule has 2 aromatic rings. The summed E-state index contributed by atoms with van der Waals surface area (Å²) in [5, 5.41) is 11.5. The molecule has 1 aromatic carbocycles. The van der Waals surface area contributed by atoms with Gasteiger partial charge in [0.15, 0.2) is 5.16 Å². The Morgan fingerprint density at radius 2 is 1.95 bits per heavy atom. The maximum absolute atomic E-state index is 12.2. The highest BCUT2D eigenvalue weighted by Crippen LogP contribution is 2.23. The number of carbonyl (C=O) groups excluding carboxylic acids is 1. The summed E-state index contributed by atoms with van der Waals surface area (Å²) in [7, 11) is 0. The molecule has 0 fully saturated rings. The number of nitrogens with one attached hydrogen (secondary N) is 1. The van der Waals surface area contributed by atoms with Gasteiger partial charge in [0.05, 0.1) is 5.25 Å². The standard InChI is InChI=1S/C16H22N4OS/c1-11(2)20-10-18-19-16(20)22-13(4)15(21)17-9-14-7-5-12(3)6-8-14/h5-8,10-11,13H,9H2,1-4H3,(H,17,21)/t13-/m0/s1. The number of benzene rings is 1. The Kier molecular flexibility index (Phi) is 5.60. The Morgan fingerprint density at radius 3 is 2.59 bits per heavy atom. The summed E-state index contributed by atoms with van der Waals surface area (Å²) < 4.78 is 1.97. The van der Waals surface area contributed by atoms with E-state index in [0.717, 1.165) is 10.7 Å². The Bertz CT molecular complexity index is 621. The van der Waals surface area contributed by atoms with Gasteiger partial charge in [-0.3, -0.25) is 4.79 Å². The predicted octanol–water partition coefficient (Wildman–Crippen LogP) is 2.96. The molecule has 1 amide bonds. The molecule has 0 aliphatic carbocycles. The van der Waals surface area contributed by atoms with Crippen LogP contribution in [0.25, 0.3) is 0 Å². The van der Waals surface area contributed by atoms with E-state index in [9.17, 15) is 4.79 Å². The number of hydrogen-bond acceptors (Lipinski definition) is 4. The zero-order valence-corrected chi connectivity index (χ0v) is 14.2. The average Bonchev–Trinajstić information content (AvgIpc) is 2.94. The zero-order valence-electron chi connectivity index (χ0n) is 13.4. The molecule has 0 aliphatic heterocycles. The van der Waals surface area contributed by atoms with E-state index in [4.69, 9.17) is 0 Å². The summed E-state index contributed by atoms with van der Waals surface area (Å²) in [5.41, 5.74) is 2.31. The third kappa shape index (κ3) is 4.34. The van der Waals surface area contributed by atoms with Gasteiger partial charge >= 0.3 is 0 Å². The molecule has 1 heterocycles. The van der Waals surface area contributed by atoms with E-state index in [1.807, 2.05) is 42.7 Å². The van der Waals surface area contributed by atoms with Crippen molar-refractivity contribution in [2.24, 2.45) is 0 Å². The first kappa shape index (κ1) is 16.5. The molecular formula is C16H22N4OS. The Hall–Kier alpha value is -1.82. The van der Waals surface area contributed by atoms with Crippen molar-refractivity contribution in [1.82, 2.24) is 20.1 Å². The molecule has 2 rings (SSSR count). The number of aromatic nitrogens is 3. The van der Waals surface area contributed by atoms with Crippen LogP contribution in [0, 0.1) is 6.92 Å². The molecule has 0 radical (unpaired) electrons. The van der Waals surface area contributed by atoms with Crippen molar-refractivity contribution in [3.63, 3.8) is 0 Å². The molecule has 5 nitrogen and oxygen atoms in total. The van der Waals surface area contributed by atoms with E-state index in [-0.39, 0.29) is 17.2 Å². The molecule has 0 bridgehead atoms. The van der Waals surface area contributed by atoms with Crippen molar-refractivity contribution in [3.8, 4) is 0 Å². The van der Waals surface area contributed by atoms with Crippen LogP contribution in [0.1, 0.15) is 37.9 Å². The lowest BCUT2D eigenvalue weighted by molar-refractivity contribution is -0.120. The fraction of sp³-hybridized carbons (Fsp3) is 0.438. The summed E-state index contributed by atoms with van der Waals surface area (Å²) >= 11 is 1.43. The maximum atomic E-state index is 12.2. The number of rotatable bonds is 6. The molecule has 0 spiro atoms. The van der Waals surface area contributed by atoms with Crippen LogP contribution in [0.2, 0.25) is 0 Å². The quantitative estimate of drug-likeness (QED) is 0.832. The van der Waals surface area contributed by atoms with E-state index < -0.39 is 0 Å². The molecule has 1 atom stereocenters. The summed E-state index contributed by atoms with van der Waals surface area (Å²) in [6, 6.07) is 8.43. The van der Waals surface area contributed by atoms with Gasteiger partial charge in [-0.15, -0.1) is 10.2 Å². The first-order chi connectivity index (χ1) is 10.5. The lowest BCUT2D eigenvalue weighted by atomic mass is 10.1. The van der Waals surface area contributed by atoms with Crippen molar-refractivity contribution in [2.45, 2.75) is 50.7 Å².